The Hall–Kier alpha value is 1.77. The molecule has 1 rings (SSSR count). The average Bonchev–Trinajstić information content (AvgIpc) is 1.65. The van der Waals surface area contributed by atoms with Crippen molar-refractivity contribution in [3.8, 4) is 0 Å². The van der Waals surface area contributed by atoms with Crippen LogP contribution in [-0.4, -0.2) is 22.3 Å². The minimum Gasteiger partial charge on any atom is -0.832 e. The summed E-state index contributed by atoms with van der Waals surface area (Å²) in [6.45, 7) is 0.688. The van der Waals surface area contributed by atoms with Crippen LogP contribution in [0.1, 0.15) is 19.3 Å². The molecular weight excluding hydrogens is 159 g/mol. The van der Waals surface area contributed by atoms with Crippen LogP contribution in [0.15, 0.2) is 0 Å². The van der Waals surface area contributed by atoms with E-state index >= 15 is 0 Å². The van der Waals surface area contributed by atoms with E-state index in [-0.39, 0.29) is 51.4 Å². The molecule has 0 aliphatic carbocycles. The quantitative estimate of drug-likeness (QED) is 0.344. The van der Waals surface area contributed by atoms with Gasteiger partial charge in [-0.15, -0.1) is 0 Å². The van der Waals surface area contributed by atoms with Crippen LogP contribution in [0.5, 0.6) is 0 Å². The minimum atomic E-state index is -0.932. The van der Waals surface area contributed by atoms with Gasteiger partial charge in [0.15, 0.2) is 0 Å². The van der Waals surface area contributed by atoms with E-state index in [2.05, 4.69) is 0 Å². The predicted octanol–water partition coefficient (Wildman–Crippen LogP) is -4.43. The van der Waals surface area contributed by atoms with Gasteiger partial charge in [-0.1, -0.05) is 6.42 Å². The number of hydrogen-bond donors (Lipinski definition) is 0. The summed E-state index contributed by atoms with van der Waals surface area (Å²) >= 11 is 0. The van der Waals surface area contributed by atoms with Gasteiger partial charge in [-0.05, 0) is 18.3 Å². The summed E-state index contributed by atoms with van der Waals surface area (Å²) in [6.07, 6.45) is 2.87. The minimum absolute atomic E-state index is 0. The molecule has 0 amide bonds. The van der Waals surface area contributed by atoms with E-state index in [0.717, 1.165) is 19.3 Å². The summed E-state index contributed by atoms with van der Waals surface area (Å²) < 4.78 is 4.97. The monoisotopic (exact) mass is 170 g/mol. The fraction of sp³-hybridized carbons (Fsp3) is 1.00. The largest absolute Gasteiger partial charge is 1.00 e. The molecule has 48 valence electrons. The van der Waals surface area contributed by atoms with E-state index in [9.17, 15) is 5.11 Å². The van der Waals surface area contributed by atoms with Crippen LogP contribution in [-0.2, 0) is 4.74 Å². The van der Waals surface area contributed by atoms with Gasteiger partial charge in [-0.25, -0.2) is 0 Å². The van der Waals surface area contributed by atoms with Crippen molar-refractivity contribution < 1.29 is 61.2 Å². The second kappa shape index (κ2) is 4.61. The van der Waals surface area contributed by atoms with Gasteiger partial charge in [-0.3, -0.25) is 0 Å². The van der Waals surface area contributed by atoms with Gasteiger partial charge in [-0.2, -0.15) is 0 Å². The number of rotatable bonds is 0. The van der Waals surface area contributed by atoms with E-state index in [0.29, 0.717) is 16.8 Å². The summed E-state index contributed by atoms with van der Waals surface area (Å²) in [5.74, 6) is 0. The Balaban J connectivity index is 0.000000640. The molecule has 0 aromatic heterocycles. The molecule has 0 saturated carbocycles. The normalized spacial score (nSPS) is 35.7. The molecule has 1 heterocycles. The van der Waals surface area contributed by atoms with Crippen LogP contribution in [0.2, 0.25) is 0 Å². The van der Waals surface area contributed by atoms with Crippen molar-refractivity contribution in [1.29, 1.82) is 0 Å². The predicted molar refractivity (Wildman–Crippen MR) is 32.5 cm³/mol. The molecule has 4 heteroatoms. The van der Waals surface area contributed by atoms with Crippen LogP contribution in [0.25, 0.3) is 0 Å². The third-order valence-electron chi connectivity index (χ3n) is 1.43. The van der Waals surface area contributed by atoms with E-state index < -0.39 is 5.41 Å². The summed E-state index contributed by atoms with van der Waals surface area (Å²) in [5.41, 5.74) is -0.932. The number of ether oxygens (including phenoxy) is 1. The molecule has 1 aliphatic rings. The molecule has 2 nitrogen and oxygen atoms in total. The number of hydrogen-bond acceptors (Lipinski definition) is 2. The molecule has 0 spiro atoms. The van der Waals surface area contributed by atoms with Crippen LogP contribution in [0.4, 0.5) is 0 Å². The van der Waals surface area contributed by atoms with Crippen molar-refractivity contribution in [2.24, 2.45) is 0 Å². The van der Waals surface area contributed by atoms with Gasteiger partial charge >= 0.3 is 51.4 Å². The van der Waals surface area contributed by atoms with Gasteiger partial charge in [0.1, 0.15) is 0 Å². The second-order valence-corrected chi connectivity index (χ2v) is 3.96. The molecule has 1 fully saturated rings. The molecule has 9 heavy (non-hydrogen) atoms. The molecule has 0 aromatic rings. The van der Waals surface area contributed by atoms with Crippen molar-refractivity contribution in [2.45, 2.75) is 24.7 Å². The topological polar surface area (TPSA) is 32.3 Å². The van der Waals surface area contributed by atoms with Gasteiger partial charge in [0.25, 0.3) is 0 Å². The van der Waals surface area contributed by atoms with Gasteiger partial charge in [0, 0.05) is 16.8 Å². The molecule has 0 bridgehead atoms. The van der Waals surface area contributed by atoms with Crippen LogP contribution in [0.3, 0.4) is 0 Å². The van der Waals surface area contributed by atoms with Crippen molar-refractivity contribution in [3.63, 3.8) is 0 Å². The molecule has 1 unspecified atom stereocenters. The van der Waals surface area contributed by atoms with E-state index in [1.54, 1.807) is 0 Å². The molecule has 0 N–H and O–H groups in total. The third-order valence-corrected chi connectivity index (χ3v) is 2.22. The van der Waals surface area contributed by atoms with Crippen LogP contribution in [0, 0.1) is 0 Å². The zero-order valence-electron chi connectivity index (χ0n) is 6.14. The average molecular weight is 170 g/mol. The van der Waals surface area contributed by atoms with Crippen LogP contribution >= 0.6 is 0 Å². The fourth-order valence-electron chi connectivity index (χ4n) is 0.908. The summed E-state index contributed by atoms with van der Waals surface area (Å²) in [6, 6.07) is 0. The van der Waals surface area contributed by atoms with E-state index in [1.807, 2.05) is 0 Å². The second-order valence-electron chi connectivity index (χ2n) is 2.44. The summed E-state index contributed by atoms with van der Waals surface area (Å²) in [5, 5.41) is 11.0. The maximum atomic E-state index is 11.0. The Morgan fingerprint density at radius 1 is 1.44 bits per heavy atom. The Bertz CT molecular complexity index is 79.0. The third kappa shape index (κ3) is 4.26. The summed E-state index contributed by atoms with van der Waals surface area (Å²) in [4.78, 5) is 0. The first-order valence-corrected chi connectivity index (χ1v) is 4.05. The fourth-order valence-corrected chi connectivity index (χ4v) is 1.47. The molecule has 1 saturated heterocycles. The SMILES string of the molecule is [K+].[O-]C1([SiH3])CCCCO1. The smallest absolute Gasteiger partial charge is 0.832 e. The zero-order valence-corrected chi connectivity index (χ0v) is 11.3. The molecule has 1 aliphatic heterocycles. The molecular formula is C5H11KO2Si. The van der Waals surface area contributed by atoms with Gasteiger partial charge in [0.2, 0.25) is 0 Å². The van der Waals surface area contributed by atoms with Crippen LogP contribution < -0.4 is 56.5 Å². The molecule has 0 aromatic carbocycles. The maximum Gasteiger partial charge on any atom is 1.00 e. The Morgan fingerprint density at radius 3 is 2.33 bits per heavy atom. The summed E-state index contributed by atoms with van der Waals surface area (Å²) in [7, 11) is 0.632. The molecule has 1 atom stereocenters. The molecule has 0 radical (unpaired) electrons. The van der Waals surface area contributed by atoms with E-state index in [1.165, 1.54) is 0 Å². The van der Waals surface area contributed by atoms with Crippen molar-refractivity contribution in [3.05, 3.63) is 0 Å². The van der Waals surface area contributed by atoms with Crippen molar-refractivity contribution in [2.75, 3.05) is 6.61 Å². The van der Waals surface area contributed by atoms with E-state index in [4.69, 9.17) is 4.74 Å². The zero-order chi connectivity index (χ0) is 6.04. The maximum absolute atomic E-state index is 11.0. The first kappa shape index (κ1) is 10.8. The first-order valence-electron chi connectivity index (χ1n) is 3.05. The Kier molecular flexibility index (Phi) is 5.52. The van der Waals surface area contributed by atoms with Crippen molar-refractivity contribution >= 4 is 10.2 Å². The first-order chi connectivity index (χ1) is 3.71. The standard InChI is InChI=1S/C5H11O2Si.K/c6-5(8)3-1-2-4-7-5;/h1-4H2,8H3;/q-1;+1. The Labute approximate surface area is 101 Å². The van der Waals surface area contributed by atoms with Gasteiger partial charge in [0.05, 0.1) is 0 Å². The van der Waals surface area contributed by atoms with Crippen molar-refractivity contribution in [1.82, 2.24) is 0 Å². The van der Waals surface area contributed by atoms with Gasteiger partial charge < -0.3 is 9.84 Å². The Morgan fingerprint density at radius 2 is 2.11 bits per heavy atom.